The predicted molar refractivity (Wildman–Crippen MR) is 65.0 cm³/mol. The van der Waals surface area contributed by atoms with Crippen LogP contribution in [0.5, 0.6) is 0 Å². The molecule has 0 unspecified atom stereocenters. The molecule has 2 aliphatic carbocycles. The molecule has 2 heteroatoms. The van der Waals surface area contributed by atoms with E-state index in [1.54, 1.807) is 0 Å². The predicted octanol–water partition coefficient (Wildman–Crippen LogP) is 2.11. The number of hydrogen-bond acceptors (Lipinski definition) is 2. The second kappa shape index (κ2) is 5.31. The van der Waals surface area contributed by atoms with Crippen LogP contribution in [0.25, 0.3) is 0 Å². The summed E-state index contributed by atoms with van der Waals surface area (Å²) in [6, 6.07) is 0.875. The molecule has 0 radical (unpaired) electrons. The highest BCUT2D eigenvalue weighted by Gasteiger charge is 2.40. The van der Waals surface area contributed by atoms with Crippen molar-refractivity contribution >= 4 is 0 Å². The molecule has 0 saturated heterocycles. The molecular formula is C13H26N2. The van der Waals surface area contributed by atoms with Gasteiger partial charge in [0.15, 0.2) is 0 Å². The van der Waals surface area contributed by atoms with E-state index in [1.165, 1.54) is 51.7 Å². The van der Waals surface area contributed by atoms with E-state index in [4.69, 9.17) is 0 Å². The van der Waals surface area contributed by atoms with Crippen LogP contribution in [0, 0.1) is 11.8 Å². The molecule has 1 N–H and O–H groups in total. The molecule has 0 aromatic rings. The van der Waals surface area contributed by atoms with Gasteiger partial charge in [0.2, 0.25) is 0 Å². The van der Waals surface area contributed by atoms with E-state index >= 15 is 0 Å². The van der Waals surface area contributed by atoms with Crippen molar-refractivity contribution in [2.75, 3.05) is 26.7 Å². The van der Waals surface area contributed by atoms with Gasteiger partial charge in [0, 0.05) is 19.1 Å². The molecule has 2 nitrogen and oxygen atoms in total. The van der Waals surface area contributed by atoms with E-state index in [9.17, 15) is 0 Å². The number of nitrogens with one attached hydrogen (secondary N) is 1. The topological polar surface area (TPSA) is 15.3 Å². The van der Waals surface area contributed by atoms with Gasteiger partial charge in [-0.15, -0.1) is 0 Å². The first-order valence-corrected chi connectivity index (χ1v) is 6.73. The lowest BCUT2D eigenvalue weighted by atomic mass is 10.1. The first-order chi connectivity index (χ1) is 7.31. The minimum Gasteiger partial charge on any atom is -0.312 e. The Morgan fingerprint density at radius 2 is 1.73 bits per heavy atom. The summed E-state index contributed by atoms with van der Waals surface area (Å²) < 4.78 is 0. The highest BCUT2D eigenvalue weighted by molar-refractivity contribution is 4.96. The number of hydrogen-bond donors (Lipinski definition) is 1. The van der Waals surface area contributed by atoms with E-state index in [0.717, 1.165) is 17.9 Å². The summed E-state index contributed by atoms with van der Waals surface area (Å²) in [6.07, 6.45) is 7.21. The molecule has 2 saturated carbocycles. The van der Waals surface area contributed by atoms with Crippen LogP contribution in [-0.4, -0.2) is 37.6 Å². The Hall–Kier alpha value is -0.0800. The van der Waals surface area contributed by atoms with Crippen molar-refractivity contribution in [3.63, 3.8) is 0 Å². The number of rotatable bonds is 8. The number of likely N-dealkylation sites (N-methyl/N-ethyl adjacent to an activating group) is 1. The second-order valence-corrected chi connectivity index (χ2v) is 5.46. The Balaban J connectivity index is 1.58. The Kier molecular flexibility index (Phi) is 4.04. The van der Waals surface area contributed by atoms with Gasteiger partial charge in [-0.2, -0.15) is 0 Å². The lowest BCUT2D eigenvalue weighted by molar-refractivity contribution is 0.312. The van der Waals surface area contributed by atoms with Gasteiger partial charge in [0.25, 0.3) is 0 Å². The van der Waals surface area contributed by atoms with Gasteiger partial charge in [0.1, 0.15) is 0 Å². The van der Waals surface area contributed by atoms with Crippen LogP contribution < -0.4 is 5.32 Å². The van der Waals surface area contributed by atoms with Gasteiger partial charge in [-0.25, -0.2) is 0 Å². The van der Waals surface area contributed by atoms with Gasteiger partial charge in [-0.3, -0.25) is 0 Å². The van der Waals surface area contributed by atoms with Gasteiger partial charge < -0.3 is 10.2 Å². The largest absolute Gasteiger partial charge is 0.312 e. The van der Waals surface area contributed by atoms with Crippen LogP contribution in [0.1, 0.15) is 39.0 Å². The summed E-state index contributed by atoms with van der Waals surface area (Å²) in [5.74, 6) is 2.07. The van der Waals surface area contributed by atoms with Gasteiger partial charge in [-0.05, 0) is 57.5 Å². The molecule has 2 rings (SSSR count). The fourth-order valence-corrected chi connectivity index (χ4v) is 2.54. The molecule has 0 spiro atoms. The minimum atomic E-state index is 0.875. The third kappa shape index (κ3) is 3.76. The fourth-order valence-electron chi connectivity index (χ4n) is 2.54. The SMILES string of the molecule is CCCN(C)CCNC(C1CC1)C1CC1. The maximum absolute atomic E-state index is 3.79. The summed E-state index contributed by atoms with van der Waals surface area (Å²) >= 11 is 0. The van der Waals surface area contributed by atoms with Crippen LogP contribution in [0.4, 0.5) is 0 Å². The van der Waals surface area contributed by atoms with Crippen molar-refractivity contribution in [1.29, 1.82) is 0 Å². The van der Waals surface area contributed by atoms with Crippen LogP contribution in [-0.2, 0) is 0 Å². The summed E-state index contributed by atoms with van der Waals surface area (Å²) in [6.45, 7) is 5.89. The smallest absolute Gasteiger partial charge is 0.0124 e. The van der Waals surface area contributed by atoms with Crippen LogP contribution >= 0.6 is 0 Å². The zero-order chi connectivity index (χ0) is 10.7. The minimum absolute atomic E-state index is 0.875. The Morgan fingerprint density at radius 3 is 2.20 bits per heavy atom. The molecule has 0 bridgehead atoms. The van der Waals surface area contributed by atoms with Crippen molar-refractivity contribution in [2.45, 2.75) is 45.1 Å². The molecule has 0 atom stereocenters. The molecular weight excluding hydrogens is 184 g/mol. The highest BCUT2D eigenvalue weighted by Crippen LogP contribution is 2.44. The summed E-state index contributed by atoms with van der Waals surface area (Å²) in [4.78, 5) is 2.43. The first kappa shape index (κ1) is 11.4. The maximum atomic E-state index is 3.79. The average Bonchev–Trinajstić information content (AvgIpc) is 3.03. The second-order valence-electron chi connectivity index (χ2n) is 5.46. The fraction of sp³-hybridized carbons (Fsp3) is 1.00. The van der Waals surface area contributed by atoms with E-state index in [-0.39, 0.29) is 0 Å². The Bertz CT molecular complexity index is 173. The molecule has 0 amide bonds. The molecule has 2 aliphatic rings. The summed E-state index contributed by atoms with van der Waals surface area (Å²) in [5, 5.41) is 3.79. The van der Waals surface area contributed by atoms with Gasteiger partial charge in [0.05, 0.1) is 0 Å². The van der Waals surface area contributed by atoms with Gasteiger partial charge >= 0.3 is 0 Å². The highest BCUT2D eigenvalue weighted by atomic mass is 15.1. The Morgan fingerprint density at radius 1 is 1.13 bits per heavy atom. The lowest BCUT2D eigenvalue weighted by Crippen LogP contribution is -2.38. The lowest BCUT2D eigenvalue weighted by Gasteiger charge is -2.21. The maximum Gasteiger partial charge on any atom is 0.0124 e. The molecule has 0 heterocycles. The van der Waals surface area contributed by atoms with Gasteiger partial charge in [-0.1, -0.05) is 6.92 Å². The average molecular weight is 210 g/mol. The first-order valence-electron chi connectivity index (χ1n) is 6.73. The van der Waals surface area contributed by atoms with Crippen LogP contribution in [0.2, 0.25) is 0 Å². The van der Waals surface area contributed by atoms with Crippen LogP contribution in [0.3, 0.4) is 0 Å². The zero-order valence-corrected chi connectivity index (χ0v) is 10.3. The van der Waals surface area contributed by atoms with Crippen molar-refractivity contribution in [3.05, 3.63) is 0 Å². The molecule has 15 heavy (non-hydrogen) atoms. The monoisotopic (exact) mass is 210 g/mol. The third-order valence-electron chi connectivity index (χ3n) is 3.74. The van der Waals surface area contributed by atoms with Crippen molar-refractivity contribution in [1.82, 2.24) is 10.2 Å². The van der Waals surface area contributed by atoms with E-state index in [2.05, 4.69) is 24.2 Å². The molecule has 88 valence electrons. The molecule has 2 fully saturated rings. The standard InChI is InChI=1S/C13H26N2/c1-3-9-15(2)10-8-14-13(11-4-5-11)12-6-7-12/h11-14H,3-10H2,1-2H3. The van der Waals surface area contributed by atoms with E-state index in [1.807, 2.05) is 0 Å². The van der Waals surface area contributed by atoms with E-state index < -0.39 is 0 Å². The molecule has 0 aromatic carbocycles. The summed E-state index contributed by atoms with van der Waals surface area (Å²) in [7, 11) is 2.23. The van der Waals surface area contributed by atoms with Crippen molar-refractivity contribution in [2.24, 2.45) is 11.8 Å². The third-order valence-corrected chi connectivity index (χ3v) is 3.74. The Labute approximate surface area is 94.4 Å². The van der Waals surface area contributed by atoms with Crippen molar-refractivity contribution in [3.8, 4) is 0 Å². The quantitative estimate of drug-likeness (QED) is 0.660. The number of nitrogens with zero attached hydrogens (tertiary/aromatic N) is 1. The van der Waals surface area contributed by atoms with Crippen LogP contribution in [0.15, 0.2) is 0 Å². The van der Waals surface area contributed by atoms with E-state index in [0.29, 0.717) is 0 Å². The normalized spacial score (nSPS) is 21.6. The summed E-state index contributed by atoms with van der Waals surface area (Å²) in [5.41, 5.74) is 0. The zero-order valence-electron chi connectivity index (χ0n) is 10.3. The molecule has 0 aliphatic heterocycles. The molecule has 0 aromatic heterocycles. The van der Waals surface area contributed by atoms with Crippen molar-refractivity contribution < 1.29 is 0 Å².